The van der Waals surface area contributed by atoms with Crippen LogP contribution in [0.25, 0.3) is 0 Å². The van der Waals surface area contributed by atoms with E-state index in [1.807, 2.05) is 12.1 Å². The van der Waals surface area contributed by atoms with Crippen molar-refractivity contribution in [1.29, 1.82) is 0 Å². The van der Waals surface area contributed by atoms with Crippen LogP contribution in [0.2, 0.25) is 0 Å². The molecule has 0 spiro atoms. The van der Waals surface area contributed by atoms with Gasteiger partial charge in [0, 0.05) is 11.6 Å². The van der Waals surface area contributed by atoms with Crippen molar-refractivity contribution < 1.29 is 14.2 Å². The van der Waals surface area contributed by atoms with Crippen LogP contribution in [0.5, 0.6) is 17.2 Å². The molecule has 134 valence electrons. The van der Waals surface area contributed by atoms with Gasteiger partial charge in [-0.05, 0) is 49.0 Å². The molecule has 3 rings (SSSR count). The van der Waals surface area contributed by atoms with Gasteiger partial charge in [-0.3, -0.25) is 5.43 Å². The van der Waals surface area contributed by atoms with Crippen LogP contribution in [0.3, 0.4) is 0 Å². The fourth-order valence-corrected chi connectivity index (χ4v) is 3.69. The maximum absolute atomic E-state index is 5.33. The van der Waals surface area contributed by atoms with E-state index in [0.717, 1.165) is 12.0 Å². The Morgan fingerprint density at radius 2 is 1.84 bits per heavy atom. The second kappa shape index (κ2) is 7.74. The highest BCUT2D eigenvalue weighted by molar-refractivity contribution is 7.80. The molecule has 0 heterocycles. The van der Waals surface area contributed by atoms with E-state index in [4.69, 9.17) is 26.4 Å². The Labute approximate surface area is 153 Å². The van der Waals surface area contributed by atoms with Gasteiger partial charge in [-0.1, -0.05) is 12.2 Å². The Balaban J connectivity index is 1.60. The molecule has 7 heteroatoms. The molecule has 0 amide bonds. The molecule has 6 nitrogen and oxygen atoms in total. The van der Waals surface area contributed by atoms with E-state index >= 15 is 0 Å². The van der Waals surface area contributed by atoms with Crippen molar-refractivity contribution in [2.75, 3.05) is 21.3 Å². The lowest BCUT2D eigenvalue weighted by Crippen LogP contribution is -2.42. The highest BCUT2D eigenvalue weighted by Crippen LogP contribution is 2.39. The van der Waals surface area contributed by atoms with Crippen molar-refractivity contribution in [2.45, 2.75) is 18.9 Å². The summed E-state index contributed by atoms with van der Waals surface area (Å²) in [5.41, 5.74) is 3.69. The van der Waals surface area contributed by atoms with Crippen molar-refractivity contribution in [3.8, 4) is 17.2 Å². The van der Waals surface area contributed by atoms with E-state index in [1.165, 1.54) is 6.42 Å². The Morgan fingerprint density at radius 3 is 2.36 bits per heavy atom. The van der Waals surface area contributed by atoms with Crippen LogP contribution in [0.1, 0.15) is 18.4 Å². The predicted octanol–water partition coefficient (Wildman–Crippen LogP) is 2.48. The molecule has 1 aromatic carbocycles. The van der Waals surface area contributed by atoms with E-state index < -0.39 is 0 Å². The van der Waals surface area contributed by atoms with Gasteiger partial charge in [0.15, 0.2) is 16.6 Å². The first-order valence-corrected chi connectivity index (χ1v) is 8.63. The van der Waals surface area contributed by atoms with Crippen LogP contribution in [-0.2, 0) is 0 Å². The number of ether oxygens (including phenoxy) is 3. The van der Waals surface area contributed by atoms with Crippen LogP contribution in [0.4, 0.5) is 0 Å². The van der Waals surface area contributed by atoms with Gasteiger partial charge in [0.05, 0.1) is 27.5 Å². The molecule has 2 aliphatic carbocycles. The third kappa shape index (κ3) is 3.87. The zero-order chi connectivity index (χ0) is 17.8. The van der Waals surface area contributed by atoms with Gasteiger partial charge >= 0.3 is 0 Å². The van der Waals surface area contributed by atoms with Gasteiger partial charge in [-0.25, -0.2) is 0 Å². The van der Waals surface area contributed by atoms with E-state index in [2.05, 4.69) is 28.0 Å². The molecule has 3 atom stereocenters. The molecule has 2 N–H and O–H groups in total. The summed E-state index contributed by atoms with van der Waals surface area (Å²) in [6.07, 6.45) is 8.63. The normalized spacial score (nSPS) is 23.7. The monoisotopic (exact) mass is 361 g/mol. The molecule has 25 heavy (non-hydrogen) atoms. The number of nitrogens with zero attached hydrogens (tertiary/aromatic N) is 1. The lowest BCUT2D eigenvalue weighted by atomic mass is 10.0. The first-order chi connectivity index (χ1) is 12.1. The average molecular weight is 361 g/mol. The van der Waals surface area contributed by atoms with Gasteiger partial charge in [0.1, 0.15) is 0 Å². The Hall–Kier alpha value is -2.28. The Kier molecular flexibility index (Phi) is 5.43. The number of hydrazone groups is 1. The molecule has 0 unspecified atom stereocenters. The number of allylic oxidation sites excluding steroid dienone is 1. The molecule has 1 saturated carbocycles. The topological polar surface area (TPSA) is 64.1 Å². The fourth-order valence-electron chi connectivity index (χ4n) is 3.49. The third-order valence-electron chi connectivity index (χ3n) is 4.66. The lowest BCUT2D eigenvalue weighted by molar-refractivity contribution is 0.324. The fraction of sp³-hybridized carbons (Fsp3) is 0.444. The summed E-state index contributed by atoms with van der Waals surface area (Å²) in [6.45, 7) is 0. The lowest BCUT2D eigenvalue weighted by Gasteiger charge is -2.20. The highest BCUT2D eigenvalue weighted by Gasteiger charge is 2.35. The number of hydrogen-bond donors (Lipinski definition) is 2. The zero-order valence-corrected chi connectivity index (χ0v) is 15.4. The SMILES string of the molecule is COc1cc(/C=N\NC(=S)N[C@H]2C[C@H]3C=C[C@@H]2C3)cc(OC)c1OC. The number of rotatable bonds is 6. The van der Waals surface area contributed by atoms with Gasteiger partial charge in [0.2, 0.25) is 5.75 Å². The first-order valence-electron chi connectivity index (χ1n) is 8.22. The van der Waals surface area contributed by atoms with Crippen LogP contribution in [-0.4, -0.2) is 38.7 Å². The van der Waals surface area contributed by atoms with Gasteiger partial charge in [-0.15, -0.1) is 0 Å². The first kappa shape index (κ1) is 17.5. The van der Waals surface area contributed by atoms with Gasteiger partial charge < -0.3 is 19.5 Å². The van der Waals surface area contributed by atoms with E-state index in [9.17, 15) is 0 Å². The van der Waals surface area contributed by atoms with Crippen molar-refractivity contribution in [3.63, 3.8) is 0 Å². The summed E-state index contributed by atoms with van der Waals surface area (Å²) in [6, 6.07) is 4.05. The second-order valence-corrected chi connectivity index (χ2v) is 6.60. The predicted molar refractivity (Wildman–Crippen MR) is 102 cm³/mol. The molecule has 1 aromatic rings. The number of benzene rings is 1. The summed E-state index contributed by atoms with van der Waals surface area (Å²) < 4.78 is 16.0. The third-order valence-corrected chi connectivity index (χ3v) is 4.87. The Bertz CT molecular complexity index is 680. The second-order valence-electron chi connectivity index (χ2n) is 6.19. The number of fused-ring (bicyclic) bond motifs is 2. The molecule has 1 fully saturated rings. The van der Waals surface area contributed by atoms with Crippen molar-refractivity contribution in [1.82, 2.24) is 10.7 Å². The minimum absolute atomic E-state index is 0.409. The zero-order valence-electron chi connectivity index (χ0n) is 14.6. The van der Waals surface area contributed by atoms with Gasteiger partial charge in [0.25, 0.3) is 0 Å². The highest BCUT2D eigenvalue weighted by atomic mass is 32.1. The molecule has 0 radical (unpaired) electrons. The number of nitrogens with one attached hydrogen (secondary N) is 2. The standard InChI is InChI=1S/C18H23N3O3S/c1-22-15-8-12(9-16(23-2)17(15)24-3)10-19-21-18(25)20-14-7-11-4-5-13(14)6-11/h4-5,8-11,13-14H,6-7H2,1-3H3,(H2,20,21,25)/b19-10-/t11-,13+,14-/m0/s1. The molecule has 0 saturated heterocycles. The van der Waals surface area contributed by atoms with Crippen molar-refractivity contribution in [3.05, 3.63) is 29.8 Å². The maximum Gasteiger partial charge on any atom is 0.203 e. The van der Waals surface area contributed by atoms with E-state index in [1.54, 1.807) is 27.5 Å². The van der Waals surface area contributed by atoms with Crippen LogP contribution in [0, 0.1) is 11.8 Å². The molecule has 0 aliphatic heterocycles. The number of hydrogen-bond acceptors (Lipinski definition) is 5. The number of methoxy groups -OCH3 is 3. The molecule has 2 aliphatic rings. The minimum Gasteiger partial charge on any atom is -0.493 e. The summed E-state index contributed by atoms with van der Waals surface area (Å²) in [4.78, 5) is 0. The average Bonchev–Trinajstić information content (AvgIpc) is 3.23. The van der Waals surface area contributed by atoms with Gasteiger partial charge in [-0.2, -0.15) is 5.10 Å². The minimum atomic E-state index is 0.409. The van der Waals surface area contributed by atoms with Crippen molar-refractivity contribution in [2.24, 2.45) is 16.9 Å². The maximum atomic E-state index is 5.33. The summed E-state index contributed by atoms with van der Waals surface area (Å²) >= 11 is 5.33. The molecule has 0 aromatic heterocycles. The summed E-state index contributed by atoms with van der Waals surface area (Å²) in [5, 5.41) is 8.09. The summed E-state index contributed by atoms with van der Waals surface area (Å²) in [7, 11) is 4.74. The molecule has 2 bridgehead atoms. The summed E-state index contributed by atoms with van der Waals surface area (Å²) in [5.74, 6) is 3.00. The smallest absolute Gasteiger partial charge is 0.203 e. The van der Waals surface area contributed by atoms with E-state index in [-0.39, 0.29) is 0 Å². The Morgan fingerprint density at radius 1 is 1.12 bits per heavy atom. The quantitative estimate of drug-likeness (QED) is 0.351. The van der Waals surface area contributed by atoms with Crippen LogP contribution >= 0.6 is 12.2 Å². The van der Waals surface area contributed by atoms with Crippen LogP contribution in [0.15, 0.2) is 29.4 Å². The largest absolute Gasteiger partial charge is 0.493 e. The van der Waals surface area contributed by atoms with E-state index in [0.29, 0.717) is 40.2 Å². The van der Waals surface area contributed by atoms with Crippen molar-refractivity contribution >= 4 is 23.5 Å². The molecular formula is C18H23N3O3S. The molecular weight excluding hydrogens is 338 g/mol. The number of thiocarbonyl (C=S) groups is 1. The van der Waals surface area contributed by atoms with Crippen LogP contribution < -0.4 is 25.0 Å².